The first-order valence-electron chi connectivity index (χ1n) is 7.56. The highest BCUT2D eigenvalue weighted by atomic mass is 28.3. The van der Waals surface area contributed by atoms with Crippen molar-refractivity contribution in [3.8, 4) is 0 Å². The lowest BCUT2D eigenvalue weighted by atomic mass is 10.0. The first-order valence-corrected chi connectivity index (χ1v) is 11.1. The molecule has 0 spiro atoms. The van der Waals surface area contributed by atoms with Gasteiger partial charge < -0.3 is 10.4 Å². The second kappa shape index (κ2) is 8.40. The van der Waals surface area contributed by atoms with Crippen molar-refractivity contribution in [1.82, 2.24) is 5.32 Å². The minimum absolute atomic E-state index is 0.0291. The number of aliphatic hydroxyl groups excluding tert-OH is 1. The van der Waals surface area contributed by atoms with Crippen molar-refractivity contribution < 1.29 is 5.11 Å². The molecule has 0 heterocycles. The highest BCUT2D eigenvalue weighted by Crippen LogP contribution is 2.15. The summed E-state index contributed by atoms with van der Waals surface area (Å²) < 4.78 is 0. The van der Waals surface area contributed by atoms with Gasteiger partial charge in [0.1, 0.15) is 0 Å². The molecule has 0 saturated carbocycles. The van der Waals surface area contributed by atoms with E-state index >= 15 is 0 Å². The predicted molar refractivity (Wildman–Crippen MR) is 90.6 cm³/mol. The Hall–Kier alpha value is -0.903. The maximum atomic E-state index is 9.60. The van der Waals surface area contributed by atoms with E-state index in [1.807, 2.05) is 18.2 Å². The number of hydrogen-bond acceptors (Lipinski definition) is 2. The SMILES string of the molecule is CC[C@H](C/C=C/[Si](C)(C)C)N[C@H](CO)c1ccccc1. The Labute approximate surface area is 124 Å². The molecule has 3 heteroatoms. The number of rotatable bonds is 8. The standard InChI is InChI=1S/C17H29NOSi/c1-5-16(12-9-13-20(2,3)4)18-17(14-19)15-10-7-6-8-11-15/h6-11,13,16-19H,5,12,14H2,1-4H3/b13-9+/t16-,17-/m1/s1. The fourth-order valence-electron chi connectivity index (χ4n) is 2.16. The molecule has 0 amide bonds. The van der Waals surface area contributed by atoms with Gasteiger partial charge >= 0.3 is 0 Å². The molecule has 2 nitrogen and oxygen atoms in total. The normalized spacial score (nSPS) is 15.4. The Morgan fingerprint density at radius 2 is 1.85 bits per heavy atom. The minimum Gasteiger partial charge on any atom is -0.394 e. The summed E-state index contributed by atoms with van der Waals surface area (Å²) in [6, 6.07) is 10.6. The summed E-state index contributed by atoms with van der Waals surface area (Å²) in [5.41, 5.74) is 3.55. The van der Waals surface area contributed by atoms with Crippen LogP contribution in [0.1, 0.15) is 31.4 Å². The summed E-state index contributed by atoms with van der Waals surface area (Å²) in [6.07, 6.45) is 4.41. The maximum Gasteiger partial charge on any atom is 0.0682 e. The molecule has 1 aromatic carbocycles. The van der Waals surface area contributed by atoms with Crippen LogP contribution in [0.5, 0.6) is 0 Å². The average molecular weight is 292 g/mol. The summed E-state index contributed by atoms with van der Waals surface area (Å²) in [6.45, 7) is 9.37. The van der Waals surface area contributed by atoms with E-state index in [1.54, 1.807) is 0 Å². The van der Waals surface area contributed by atoms with Gasteiger partial charge in [-0.2, -0.15) is 0 Å². The van der Waals surface area contributed by atoms with Gasteiger partial charge in [-0.3, -0.25) is 0 Å². The number of nitrogens with one attached hydrogen (secondary N) is 1. The molecule has 0 aliphatic carbocycles. The molecule has 0 aliphatic heterocycles. The third kappa shape index (κ3) is 6.50. The van der Waals surface area contributed by atoms with Crippen LogP contribution >= 0.6 is 0 Å². The molecule has 0 saturated heterocycles. The summed E-state index contributed by atoms with van der Waals surface area (Å²) in [5, 5.41) is 13.2. The molecular formula is C17H29NOSi. The third-order valence-electron chi connectivity index (χ3n) is 3.35. The zero-order valence-electron chi connectivity index (χ0n) is 13.3. The van der Waals surface area contributed by atoms with Crippen LogP contribution in [0.4, 0.5) is 0 Å². The van der Waals surface area contributed by atoms with E-state index in [0.717, 1.165) is 18.4 Å². The van der Waals surface area contributed by atoms with E-state index < -0.39 is 8.07 Å². The van der Waals surface area contributed by atoms with Crippen molar-refractivity contribution in [2.75, 3.05) is 6.61 Å². The van der Waals surface area contributed by atoms with Crippen LogP contribution in [0.3, 0.4) is 0 Å². The van der Waals surface area contributed by atoms with Gasteiger partial charge in [0.2, 0.25) is 0 Å². The summed E-state index contributed by atoms with van der Waals surface area (Å²) in [7, 11) is -1.11. The first kappa shape index (κ1) is 17.1. The molecule has 0 aromatic heterocycles. The average Bonchev–Trinajstić information content (AvgIpc) is 2.42. The van der Waals surface area contributed by atoms with Crippen LogP contribution in [0.15, 0.2) is 42.1 Å². The minimum atomic E-state index is -1.11. The fourth-order valence-corrected chi connectivity index (χ4v) is 3.01. The zero-order valence-corrected chi connectivity index (χ0v) is 14.3. The molecule has 1 aromatic rings. The van der Waals surface area contributed by atoms with Gasteiger partial charge in [0.25, 0.3) is 0 Å². The van der Waals surface area contributed by atoms with E-state index in [1.165, 1.54) is 0 Å². The second-order valence-corrected chi connectivity index (χ2v) is 11.5. The lowest BCUT2D eigenvalue weighted by Gasteiger charge is -2.23. The maximum absolute atomic E-state index is 9.60. The Morgan fingerprint density at radius 1 is 1.20 bits per heavy atom. The van der Waals surface area contributed by atoms with Gasteiger partial charge in [0.15, 0.2) is 0 Å². The lowest BCUT2D eigenvalue weighted by molar-refractivity contribution is 0.231. The quantitative estimate of drug-likeness (QED) is 0.712. The molecule has 20 heavy (non-hydrogen) atoms. The Bertz CT molecular complexity index is 397. The van der Waals surface area contributed by atoms with E-state index in [9.17, 15) is 5.11 Å². The molecule has 2 N–H and O–H groups in total. The largest absolute Gasteiger partial charge is 0.394 e. The monoisotopic (exact) mass is 291 g/mol. The van der Waals surface area contributed by atoms with Crippen molar-refractivity contribution in [3.63, 3.8) is 0 Å². The molecule has 0 unspecified atom stereocenters. The second-order valence-electron chi connectivity index (χ2n) is 6.42. The Kier molecular flexibility index (Phi) is 7.20. The van der Waals surface area contributed by atoms with E-state index in [-0.39, 0.29) is 12.6 Å². The molecule has 0 bridgehead atoms. The van der Waals surface area contributed by atoms with Gasteiger partial charge in [-0.15, -0.1) is 0 Å². The number of aliphatic hydroxyl groups is 1. The topological polar surface area (TPSA) is 32.3 Å². The third-order valence-corrected chi connectivity index (χ3v) is 4.59. The van der Waals surface area contributed by atoms with Crippen LogP contribution in [-0.4, -0.2) is 25.8 Å². The molecule has 0 radical (unpaired) electrons. The molecule has 0 fully saturated rings. The van der Waals surface area contributed by atoms with E-state index in [4.69, 9.17) is 0 Å². The molecule has 0 aliphatic rings. The fraction of sp³-hybridized carbons (Fsp3) is 0.529. The van der Waals surface area contributed by atoms with Crippen LogP contribution < -0.4 is 5.32 Å². The van der Waals surface area contributed by atoms with Gasteiger partial charge in [-0.1, -0.05) is 68.7 Å². The highest BCUT2D eigenvalue weighted by Gasteiger charge is 2.14. The zero-order chi connectivity index (χ0) is 15.0. The summed E-state index contributed by atoms with van der Waals surface area (Å²) in [4.78, 5) is 0. The van der Waals surface area contributed by atoms with Crippen molar-refractivity contribution in [3.05, 3.63) is 47.7 Å². The Balaban J connectivity index is 2.60. The Morgan fingerprint density at radius 3 is 2.35 bits per heavy atom. The van der Waals surface area contributed by atoms with Crippen LogP contribution in [0.25, 0.3) is 0 Å². The smallest absolute Gasteiger partial charge is 0.0682 e. The summed E-state index contributed by atoms with van der Waals surface area (Å²) >= 11 is 0. The van der Waals surface area contributed by atoms with Gasteiger partial charge in [0.05, 0.1) is 20.7 Å². The van der Waals surface area contributed by atoms with Crippen LogP contribution in [-0.2, 0) is 0 Å². The summed E-state index contributed by atoms with van der Waals surface area (Å²) in [5.74, 6) is 0. The predicted octanol–water partition coefficient (Wildman–Crippen LogP) is 3.91. The first-order chi connectivity index (χ1) is 9.46. The lowest BCUT2D eigenvalue weighted by Crippen LogP contribution is -2.34. The molecule has 112 valence electrons. The van der Waals surface area contributed by atoms with Gasteiger partial charge in [0, 0.05) is 6.04 Å². The number of benzene rings is 1. The van der Waals surface area contributed by atoms with Crippen molar-refractivity contribution in [2.24, 2.45) is 0 Å². The molecule has 2 atom stereocenters. The van der Waals surface area contributed by atoms with E-state index in [0.29, 0.717) is 6.04 Å². The van der Waals surface area contributed by atoms with Crippen molar-refractivity contribution >= 4 is 8.07 Å². The highest BCUT2D eigenvalue weighted by molar-refractivity contribution is 6.80. The van der Waals surface area contributed by atoms with Crippen molar-refractivity contribution in [2.45, 2.75) is 51.5 Å². The van der Waals surface area contributed by atoms with Gasteiger partial charge in [-0.25, -0.2) is 0 Å². The van der Waals surface area contributed by atoms with Crippen LogP contribution in [0.2, 0.25) is 19.6 Å². The molecular weight excluding hydrogens is 262 g/mol. The van der Waals surface area contributed by atoms with Gasteiger partial charge in [-0.05, 0) is 18.4 Å². The van der Waals surface area contributed by atoms with Crippen molar-refractivity contribution in [1.29, 1.82) is 0 Å². The number of hydrogen-bond donors (Lipinski definition) is 2. The molecule has 1 rings (SSSR count). The van der Waals surface area contributed by atoms with E-state index in [2.05, 4.69) is 55.8 Å². The van der Waals surface area contributed by atoms with Crippen LogP contribution in [0, 0.1) is 0 Å².